The Bertz CT molecular complexity index is 1050. The van der Waals surface area contributed by atoms with Gasteiger partial charge >= 0.3 is 0 Å². The number of carbonyl (C=O) groups is 4. The number of hydrogen-bond acceptors (Lipinski definition) is 7. The fourth-order valence-corrected chi connectivity index (χ4v) is 5.36. The molecule has 4 amide bonds. The summed E-state index contributed by atoms with van der Waals surface area (Å²) in [6.07, 6.45) is 1.97. The third-order valence-electron chi connectivity index (χ3n) is 7.72. The molecule has 0 aliphatic carbocycles. The molecule has 11 heteroatoms. The molecule has 1 aromatic rings. The molecule has 0 saturated carbocycles. The molecule has 2 atom stereocenters. The lowest BCUT2D eigenvalue weighted by Gasteiger charge is -2.39. The number of carbonyl (C=O) groups excluding carboxylic acids is 4. The van der Waals surface area contributed by atoms with Crippen molar-refractivity contribution in [3.8, 4) is 5.75 Å². The summed E-state index contributed by atoms with van der Waals surface area (Å²) >= 11 is 0. The molecule has 2 bridgehead atoms. The minimum absolute atomic E-state index is 0.0883. The highest BCUT2D eigenvalue weighted by atomic mass is 16.5. The molecule has 11 nitrogen and oxygen atoms in total. The van der Waals surface area contributed by atoms with E-state index < -0.39 is 35.4 Å². The van der Waals surface area contributed by atoms with Gasteiger partial charge in [-0.15, -0.1) is 0 Å². The standard InChI is InChI=1S/C30H46N4O7/c1-20(2)16-24-29(38)34(14-15-40-5)18-26(35)31-25(28(37)33-12-10-22(11-13-33)30(3,4)39)17-21-6-8-23(9-7-21)41-19-27(36)32-24/h6-9,20,22,24-25,39H,10-19H2,1-5H3,(H,31,35)(H,32,36)/t24-,25-/m0/s1. The van der Waals surface area contributed by atoms with Crippen molar-refractivity contribution in [1.82, 2.24) is 20.4 Å². The fraction of sp³-hybridized carbons (Fsp3) is 0.667. The summed E-state index contributed by atoms with van der Waals surface area (Å²) in [4.78, 5) is 56.4. The van der Waals surface area contributed by atoms with Crippen molar-refractivity contribution in [2.24, 2.45) is 11.8 Å². The van der Waals surface area contributed by atoms with Gasteiger partial charge in [-0.1, -0.05) is 26.0 Å². The van der Waals surface area contributed by atoms with Crippen LogP contribution in [0.5, 0.6) is 5.75 Å². The molecule has 3 aliphatic heterocycles. The molecule has 228 valence electrons. The van der Waals surface area contributed by atoms with Crippen molar-refractivity contribution in [3.63, 3.8) is 0 Å². The summed E-state index contributed by atoms with van der Waals surface area (Å²) in [5.41, 5.74) is -0.0106. The Hall–Kier alpha value is -3.18. The summed E-state index contributed by atoms with van der Waals surface area (Å²) in [6, 6.07) is 5.36. The summed E-state index contributed by atoms with van der Waals surface area (Å²) in [5.74, 6) is -0.838. The van der Waals surface area contributed by atoms with E-state index in [2.05, 4.69) is 10.6 Å². The number of piperidine rings is 1. The van der Waals surface area contributed by atoms with Crippen LogP contribution >= 0.6 is 0 Å². The van der Waals surface area contributed by atoms with E-state index in [-0.39, 0.29) is 50.5 Å². The number of methoxy groups -OCH3 is 1. The van der Waals surface area contributed by atoms with Gasteiger partial charge < -0.3 is 35.0 Å². The number of nitrogens with one attached hydrogen (secondary N) is 2. The van der Waals surface area contributed by atoms with Crippen LogP contribution in [0.25, 0.3) is 0 Å². The molecule has 0 unspecified atom stereocenters. The quantitative estimate of drug-likeness (QED) is 0.415. The molecule has 3 heterocycles. The van der Waals surface area contributed by atoms with Crippen LogP contribution in [0.4, 0.5) is 0 Å². The third-order valence-corrected chi connectivity index (χ3v) is 7.72. The SMILES string of the molecule is COCCN1CC(=O)N[C@H](C(=O)N2CCC(C(C)(C)O)CC2)Cc2ccc(cc2)OCC(=O)N[C@@H](CC(C)C)C1=O. The Morgan fingerprint density at radius 2 is 1.76 bits per heavy atom. The summed E-state index contributed by atoms with van der Waals surface area (Å²) < 4.78 is 10.8. The predicted molar refractivity (Wildman–Crippen MR) is 153 cm³/mol. The number of rotatable bonds is 7. The van der Waals surface area contributed by atoms with E-state index in [1.54, 1.807) is 30.9 Å². The lowest BCUT2D eigenvalue weighted by atomic mass is 9.83. The first-order chi connectivity index (χ1) is 19.4. The predicted octanol–water partition coefficient (Wildman–Crippen LogP) is 1.12. The van der Waals surface area contributed by atoms with E-state index in [1.807, 2.05) is 26.0 Å². The molecule has 41 heavy (non-hydrogen) atoms. The van der Waals surface area contributed by atoms with E-state index in [4.69, 9.17) is 9.47 Å². The Morgan fingerprint density at radius 3 is 2.34 bits per heavy atom. The topological polar surface area (TPSA) is 138 Å². The Kier molecular flexibility index (Phi) is 11.5. The third kappa shape index (κ3) is 9.71. The number of benzene rings is 1. The van der Waals surface area contributed by atoms with Crippen LogP contribution in [-0.2, 0) is 30.3 Å². The largest absolute Gasteiger partial charge is 0.484 e. The van der Waals surface area contributed by atoms with Crippen molar-refractivity contribution < 1.29 is 33.8 Å². The number of hydrogen-bond donors (Lipinski definition) is 3. The number of fused-ring (bicyclic) bond motifs is 13. The number of nitrogens with zero attached hydrogens (tertiary/aromatic N) is 2. The first-order valence-electron chi connectivity index (χ1n) is 14.5. The highest BCUT2D eigenvalue weighted by Crippen LogP contribution is 2.28. The molecule has 1 aromatic carbocycles. The maximum absolute atomic E-state index is 13.7. The average molecular weight is 575 g/mol. The van der Waals surface area contributed by atoms with Crippen molar-refractivity contribution >= 4 is 23.6 Å². The zero-order chi connectivity index (χ0) is 30.2. The Labute approximate surface area is 242 Å². The monoisotopic (exact) mass is 574 g/mol. The van der Waals surface area contributed by atoms with Crippen LogP contribution in [0.1, 0.15) is 52.5 Å². The van der Waals surface area contributed by atoms with Crippen LogP contribution < -0.4 is 15.4 Å². The molecule has 0 spiro atoms. The van der Waals surface area contributed by atoms with Crippen molar-refractivity contribution in [1.29, 1.82) is 0 Å². The Morgan fingerprint density at radius 1 is 1.10 bits per heavy atom. The zero-order valence-electron chi connectivity index (χ0n) is 25.0. The van der Waals surface area contributed by atoms with E-state index in [0.717, 1.165) is 5.56 Å². The lowest BCUT2D eigenvalue weighted by Crippen LogP contribution is -2.56. The van der Waals surface area contributed by atoms with Crippen molar-refractivity contribution in [2.45, 2.75) is 71.1 Å². The molecule has 0 aromatic heterocycles. The smallest absolute Gasteiger partial charge is 0.258 e. The van der Waals surface area contributed by atoms with Crippen LogP contribution in [-0.4, -0.2) is 103 Å². The van der Waals surface area contributed by atoms with Gasteiger partial charge in [0.2, 0.25) is 17.7 Å². The molecule has 1 saturated heterocycles. The molecular formula is C30H46N4O7. The van der Waals surface area contributed by atoms with Gasteiger partial charge in [-0.2, -0.15) is 0 Å². The van der Waals surface area contributed by atoms with Gasteiger partial charge in [0.15, 0.2) is 6.61 Å². The van der Waals surface area contributed by atoms with Crippen molar-refractivity contribution in [3.05, 3.63) is 29.8 Å². The normalized spacial score (nSPS) is 22.0. The highest BCUT2D eigenvalue weighted by Gasteiger charge is 2.35. The second-order valence-electron chi connectivity index (χ2n) is 12.0. The van der Waals surface area contributed by atoms with Gasteiger partial charge in [0.1, 0.15) is 17.8 Å². The Balaban J connectivity index is 1.87. The first-order valence-corrected chi connectivity index (χ1v) is 14.5. The van der Waals surface area contributed by atoms with Gasteiger partial charge in [-0.05, 0) is 62.6 Å². The van der Waals surface area contributed by atoms with Gasteiger partial charge in [-0.3, -0.25) is 19.2 Å². The van der Waals surface area contributed by atoms with Gasteiger partial charge in [0.25, 0.3) is 5.91 Å². The van der Waals surface area contributed by atoms with E-state index in [9.17, 15) is 24.3 Å². The lowest BCUT2D eigenvalue weighted by molar-refractivity contribution is -0.142. The van der Waals surface area contributed by atoms with E-state index >= 15 is 0 Å². The van der Waals surface area contributed by atoms with Crippen LogP contribution in [0.2, 0.25) is 0 Å². The average Bonchev–Trinajstić information content (AvgIpc) is 2.92. The van der Waals surface area contributed by atoms with E-state index in [0.29, 0.717) is 38.1 Å². The minimum atomic E-state index is -0.847. The number of amides is 4. The maximum Gasteiger partial charge on any atom is 0.258 e. The molecule has 1 fully saturated rings. The fourth-order valence-electron chi connectivity index (χ4n) is 5.36. The first kappa shape index (κ1) is 32.3. The summed E-state index contributed by atoms with van der Waals surface area (Å²) in [7, 11) is 1.51. The van der Waals surface area contributed by atoms with Crippen LogP contribution in [0, 0.1) is 11.8 Å². The zero-order valence-corrected chi connectivity index (χ0v) is 25.0. The number of likely N-dealkylation sites (tertiary alicyclic amines) is 1. The molecule has 0 radical (unpaired) electrons. The number of ether oxygens (including phenoxy) is 2. The highest BCUT2D eigenvalue weighted by molar-refractivity contribution is 5.93. The maximum atomic E-state index is 13.7. The van der Waals surface area contributed by atoms with Gasteiger partial charge in [-0.25, -0.2) is 0 Å². The second-order valence-corrected chi connectivity index (χ2v) is 12.0. The minimum Gasteiger partial charge on any atom is -0.484 e. The van der Waals surface area contributed by atoms with Crippen LogP contribution in [0.15, 0.2) is 24.3 Å². The molecule has 4 rings (SSSR count). The summed E-state index contributed by atoms with van der Waals surface area (Å²) in [5, 5.41) is 16.1. The summed E-state index contributed by atoms with van der Waals surface area (Å²) in [6.45, 7) is 8.25. The van der Waals surface area contributed by atoms with Gasteiger partial charge in [0, 0.05) is 33.2 Å². The number of aliphatic hydroxyl groups is 1. The van der Waals surface area contributed by atoms with Gasteiger partial charge in [0.05, 0.1) is 18.8 Å². The second kappa shape index (κ2) is 14.6. The molecule has 3 aliphatic rings. The van der Waals surface area contributed by atoms with Crippen molar-refractivity contribution in [2.75, 3.05) is 46.5 Å². The molecular weight excluding hydrogens is 528 g/mol. The van der Waals surface area contributed by atoms with Crippen LogP contribution in [0.3, 0.4) is 0 Å². The molecule has 3 N–H and O–H groups in total. The van der Waals surface area contributed by atoms with E-state index in [1.165, 1.54) is 12.0 Å².